The molecule has 0 aromatic heterocycles. The standard InChI is InChI=1S/C20H15NO3/c22-18-14-8-7-13-17(18)20(24)21(16-11-5-2-6-12-16)19(23)15-9-3-1-4-10-15/h1-14,22H. The van der Waals surface area contributed by atoms with Gasteiger partial charge in [-0.05, 0) is 36.4 Å². The fraction of sp³-hybridized carbons (Fsp3) is 0. The Balaban J connectivity index is 2.08. The highest BCUT2D eigenvalue weighted by molar-refractivity contribution is 6.26. The molecule has 3 aromatic rings. The van der Waals surface area contributed by atoms with Gasteiger partial charge in [0.2, 0.25) is 0 Å². The summed E-state index contributed by atoms with van der Waals surface area (Å²) >= 11 is 0. The van der Waals surface area contributed by atoms with Gasteiger partial charge in [0.25, 0.3) is 11.8 Å². The number of carbonyl (C=O) groups is 2. The fourth-order valence-electron chi connectivity index (χ4n) is 2.39. The monoisotopic (exact) mass is 317 g/mol. The van der Waals surface area contributed by atoms with E-state index in [9.17, 15) is 14.7 Å². The molecule has 0 atom stereocenters. The zero-order valence-electron chi connectivity index (χ0n) is 12.8. The molecule has 3 rings (SSSR count). The second-order valence-electron chi connectivity index (χ2n) is 5.16. The van der Waals surface area contributed by atoms with Crippen molar-refractivity contribution in [1.82, 2.24) is 0 Å². The predicted molar refractivity (Wildman–Crippen MR) is 92.1 cm³/mol. The summed E-state index contributed by atoms with van der Waals surface area (Å²) in [6.07, 6.45) is 0. The molecule has 1 N–H and O–H groups in total. The lowest BCUT2D eigenvalue weighted by Gasteiger charge is -2.21. The Bertz CT molecular complexity index is 860. The number of benzene rings is 3. The number of phenols is 1. The molecule has 0 aliphatic rings. The normalized spacial score (nSPS) is 10.2. The number of hydrogen-bond acceptors (Lipinski definition) is 3. The van der Waals surface area contributed by atoms with Gasteiger partial charge in [0, 0.05) is 5.56 Å². The SMILES string of the molecule is O=C(c1ccccc1)N(C(=O)c1ccccc1O)c1ccccc1. The zero-order chi connectivity index (χ0) is 16.9. The van der Waals surface area contributed by atoms with Crippen molar-refractivity contribution in [2.24, 2.45) is 0 Å². The van der Waals surface area contributed by atoms with E-state index in [2.05, 4.69) is 0 Å². The minimum absolute atomic E-state index is 0.0747. The van der Waals surface area contributed by atoms with Crippen LogP contribution in [0.2, 0.25) is 0 Å². The van der Waals surface area contributed by atoms with Crippen LogP contribution >= 0.6 is 0 Å². The van der Waals surface area contributed by atoms with E-state index in [1.165, 1.54) is 12.1 Å². The van der Waals surface area contributed by atoms with Crippen LogP contribution in [0.4, 0.5) is 5.69 Å². The molecule has 0 saturated carbocycles. The molecule has 0 spiro atoms. The number of para-hydroxylation sites is 2. The molecule has 0 aliphatic heterocycles. The number of hydrogen-bond donors (Lipinski definition) is 1. The molecule has 4 nitrogen and oxygen atoms in total. The van der Waals surface area contributed by atoms with Crippen molar-refractivity contribution in [2.75, 3.05) is 4.90 Å². The van der Waals surface area contributed by atoms with Crippen molar-refractivity contribution in [3.8, 4) is 5.75 Å². The number of aromatic hydroxyl groups is 1. The van der Waals surface area contributed by atoms with E-state index < -0.39 is 11.8 Å². The number of carbonyl (C=O) groups excluding carboxylic acids is 2. The summed E-state index contributed by atoms with van der Waals surface area (Å²) in [5, 5.41) is 9.97. The Hall–Kier alpha value is -3.40. The first kappa shape index (κ1) is 15.5. The molecule has 0 radical (unpaired) electrons. The predicted octanol–water partition coefficient (Wildman–Crippen LogP) is 3.88. The van der Waals surface area contributed by atoms with Gasteiger partial charge in [0.15, 0.2) is 0 Å². The van der Waals surface area contributed by atoms with Crippen LogP contribution in [0.25, 0.3) is 0 Å². The molecular weight excluding hydrogens is 302 g/mol. The molecule has 0 heterocycles. The maximum absolute atomic E-state index is 12.9. The van der Waals surface area contributed by atoms with Gasteiger partial charge >= 0.3 is 0 Å². The molecule has 0 saturated heterocycles. The fourth-order valence-corrected chi connectivity index (χ4v) is 2.39. The largest absolute Gasteiger partial charge is 0.507 e. The third kappa shape index (κ3) is 3.03. The lowest BCUT2D eigenvalue weighted by Crippen LogP contribution is -2.37. The number of amides is 2. The second-order valence-corrected chi connectivity index (χ2v) is 5.16. The Morgan fingerprint density at radius 3 is 1.83 bits per heavy atom. The van der Waals surface area contributed by atoms with E-state index in [1.807, 2.05) is 0 Å². The van der Waals surface area contributed by atoms with Crippen LogP contribution in [0.3, 0.4) is 0 Å². The maximum Gasteiger partial charge on any atom is 0.269 e. The molecule has 2 amide bonds. The van der Waals surface area contributed by atoms with Gasteiger partial charge in [0.1, 0.15) is 5.75 Å². The first-order valence-corrected chi connectivity index (χ1v) is 7.45. The lowest BCUT2D eigenvalue weighted by atomic mass is 10.1. The van der Waals surface area contributed by atoms with Gasteiger partial charge in [-0.15, -0.1) is 0 Å². The summed E-state index contributed by atoms with van der Waals surface area (Å²) in [4.78, 5) is 26.9. The Kier molecular flexibility index (Phi) is 4.38. The third-order valence-corrected chi connectivity index (χ3v) is 3.58. The van der Waals surface area contributed by atoms with Crippen LogP contribution < -0.4 is 4.90 Å². The molecule has 0 bridgehead atoms. The van der Waals surface area contributed by atoms with Gasteiger partial charge in [-0.25, -0.2) is 4.90 Å². The average molecular weight is 317 g/mol. The molecule has 0 unspecified atom stereocenters. The van der Waals surface area contributed by atoms with E-state index in [4.69, 9.17) is 0 Å². The van der Waals surface area contributed by atoms with Gasteiger partial charge in [-0.3, -0.25) is 9.59 Å². The molecule has 0 aliphatic carbocycles. The third-order valence-electron chi connectivity index (χ3n) is 3.58. The van der Waals surface area contributed by atoms with E-state index >= 15 is 0 Å². The average Bonchev–Trinajstić information content (AvgIpc) is 2.64. The van der Waals surface area contributed by atoms with Crippen molar-refractivity contribution in [2.45, 2.75) is 0 Å². The Labute approximate surface area is 139 Å². The van der Waals surface area contributed by atoms with E-state index in [0.717, 1.165) is 4.90 Å². The molecule has 24 heavy (non-hydrogen) atoms. The number of nitrogens with zero attached hydrogens (tertiary/aromatic N) is 1. The molecule has 3 aromatic carbocycles. The first-order chi connectivity index (χ1) is 11.7. The summed E-state index contributed by atoms with van der Waals surface area (Å²) in [7, 11) is 0. The number of rotatable bonds is 3. The highest BCUT2D eigenvalue weighted by Gasteiger charge is 2.27. The quantitative estimate of drug-likeness (QED) is 0.746. The van der Waals surface area contributed by atoms with Gasteiger partial charge < -0.3 is 5.11 Å². The number of imide groups is 1. The summed E-state index contributed by atoms with van der Waals surface area (Å²) in [5.74, 6) is -1.19. The van der Waals surface area contributed by atoms with Crippen molar-refractivity contribution in [3.05, 3.63) is 96.1 Å². The summed E-state index contributed by atoms with van der Waals surface area (Å²) in [5.41, 5.74) is 0.912. The highest BCUT2D eigenvalue weighted by atomic mass is 16.3. The topological polar surface area (TPSA) is 57.6 Å². The van der Waals surface area contributed by atoms with Gasteiger partial charge in [-0.1, -0.05) is 48.5 Å². The van der Waals surface area contributed by atoms with Crippen LogP contribution in [0.1, 0.15) is 20.7 Å². The lowest BCUT2D eigenvalue weighted by molar-refractivity contribution is 0.0896. The van der Waals surface area contributed by atoms with Crippen LogP contribution in [-0.4, -0.2) is 16.9 Å². The van der Waals surface area contributed by atoms with Crippen molar-refractivity contribution < 1.29 is 14.7 Å². The maximum atomic E-state index is 12.9. The number of phenolic OH excluding ortho intramolecular Hbond substituents is 1. The number of anilines is 1. The Morgan fingerprint density at radius 1 is 0.667 bits per heavy atom. The summed E-state index contributed by atoms with van der Waals surface area (Å²) < 4.78 is 0. The highest BCUT2D eigenvalue weighted by Crippen LogP contribution is 2.24. The van der Waals surface area contributed by atoms with E-state index in [0.29, 0.717) is 11.3 Å². The summed E-state index contributed by atoms with van der Waals surface area (Å²) in [6, 6.07) is 23.4. The van der Waals surface area contributed by atoms with Crippen LogP contribution in [-0.2, 0) is 0 Å². The molecule has 4 heteroatoms. The molecule has 118 valence electrons. The first-order valence-electron chi connectivity index (χ1n) is 7.45. The molecule has 0 fully saturated rings. The summed E-state index contributed by atoms with van der Waals surface area (Å²) in [6.45, 7) is 0. The van der Waals surface area contributed by atoms with Crippen LogP contribution in [0.5, 0.6) is 5.75 Å². The van der Waals surface area contributed by atoms with Crippen molar-refractivity contribution in [1.29, 1.82) is 0 Å². The Morgan fingerprint density at radius 2 is 1.21 bits per heavy atom. The van der Waals surface area contributed by atoms with E-state index in [-0.39, 0.29) is 11.3 Å². The van der Waals surface area contributed by atoms with Gasteiger partial charge in [-0.2, -0.15) is 0 Å². The smallest absolute Gasteiger partial charge is 0.269 e. The van der Waals surface area contributed by atoms with Crippen molar-refractivity contribution >= 4 is 17.5 Å². The van der Waals surface area contributed by atoms with Crippen molar-refractivity contribution in [3.63, 3.8) is 0 Å². The van der Waals surface area contributed by atoms with Crippen LogP contribution in [0, 0.1) is 0 Å². The second kappa shape index (κ2) is 6.79. The minimum Gasteiger partial charge on any atom is -0.507 e. The van der Waals surface area contributed by atoms with E-state index in [1.54, 1.807) is 72.8 Å². The van der Waals surface area contributed by atoms with Gasteiger partial charge in [0.05, 0.1) is 11.3 Å². The zero-order valence-corrected chi connectivity index (χ0v) is 12.8. The minimum atomic E-state index is -0.576. The van der Waals surface area contributed by atoms with Crippen LogP contribution in [0.15, 0.2) is 84.9 Å². The molecular formula is C20H15NO3.